The molecule has 0 aliphatic heterocycles. The summed E-state index contributed by atoms with van der Waals surface area (Å²) >= 11 is 0. The molecule has 1 amide bonds. The van der Waals surface area contributed by atoms with Crippen LogP contribution in [0.15, 0.2) is 91.5 Å². The van der Waals surface area contributed by atoms with Crippen molar-refractivity contribution in [2.24, 2.45) is 0 Å². The van der Waals surface area contributed by atoms with Crippen molar-refractivity contribution >= 4 is 6.09 Å². The fourth-order valence-corrected chi connectivity index (χ4v) is 4.75. The molecule has 0 radical (unpaired) electrons. The SMILES string of the molecule is C=CCO[C@@H]1C[C@H](NC[C@@H](O)[C@H](Cc2ccccc2)NC(=O)OCc2ccccc2)c2cc(OC)ccc21. The normalized spacial score (nSPS) is 17.7. The van der Waals surface area contributed by atoms with Crippen molar-refractivity contribution in [1.29, 1.82) is 0 Å². The first-order valence-corrected chi connectivity index (χ1v) is 12.9. The summed E-state index contributed by atoms with van der Waals surface area (Å²) in [6.45, 7) is 4.64. The maximum Gasteiger partial charge on any atom is 0.407 e. The second-order valence-corrected chi connectivity index (χ2v) is 9.37. The van der Waals surface area contributed by atoms with Gasteiger partial charge in [0.1, 0.15) is 12.4 Å². The van der Waals surface area contributed by atoms with E-state index in [9.17, 15) is 9.90 Å². The molecule has 38 heavy (non-hydrogen) atoms. The van der Waals surface area contributed by atoms with E-state index in [-0.39, 0.29) is 25.3 Å². The highest BCUT2D eigenvalue weighted by Gasteiger charge is 2.33. The Morgan fingerprint density at radius 2 is 1.76 bits per heavy atom. The van der Waals surface area contributed by atoms with Gasteiger partial charge in [0.2, 0.25) is 0 Å². The van der Waals surface area contributed by atoms with E-state index in [1.807, 2.05) is 78.9 Å². The largest absolute Gasteiger partial charge is 0.497 e. The van der Waals surface area contributed by atoms with Crippen LogP contribution in [0.5, 0.6) is 5.75 Å². The van der Waals surface area contributed by atoms with E-state index in [1.54, 1.807) is 13.2 Å². The quantitative estimate of drug-likeness (QED) is 0.281. The molecule has 0 spiro atoms. The molecule has 7 heteroatoms. The molecule has 0 fully saturated rings. The van der Waals surface area contributed by atoms with E-state index in [0.717, 1.165) is 34.4 Å². The number of amides is 1. The van der Waals surface area contributed by atoms with Crippen LogP contribution in [-0.2, 0) is 22.5 Å². The van der Waals surface area contributed by atoms with Crippen LogP contribution in [0.4, 0.5) is 4.79 Å². The number of carbonyl (C=O) groups is 1. The summed E-state index contributed by atoms with van der Waals surface area (Å²) in [4.78, 5) is 12.7. The van der Waals surface area contributed by atoms with Crippen LogP contribution in [0.25, 0.3) is 0 Å². The van der Waals surface area contributed by atoms with Gasteiger partial charge in [-0.1, -0.05) is 72.8 Å². The summed E-state index contributed by atoms with van der Waals surface area (Å²) in [5, 5.41) is 17.6. The smallest absolute Gasteiger partial charge is 0.407 e. The zero-order valence-corrected chi connectivity index (χ0v) is 21.7. The highest BCUT2D eigenvalue weighted by Crippen LogP contribution is 2.42. The second kappa shape index (κ2) is 13.8. The Balaban J connectivity index is 1.42. The molecule has 3 aromatic carbocycles. The number of methoxy groups -OCH3 is 1. The maximum absolute atomic E-state index is 12.7. The summed E-state index contributed by atoms with van der Waals surface area (Å²) in [6, 6.07) is 24.7. The third kappa shape index (κ3) is 7.44. The Labute approximate surface area is 224 Å². The molecule has 4 atom stereocenters. The number of hydrogen-bond acceptors (Lipinski definition) is 6. The first-order chi connectivity index (χ1) is 18.6. The Morgan fingerprint density at radius 3 is 2.45 bits per heavy atom. The van der Waals surface area contributed by atoms with Crippen molar-refractivity contribution < 1.29 is 24.1 Å². The van der Waals surface area contributed by atoms with Gasteiger partial charge in [-0.05, 0) is 47.2 Å². The van der Waals surface area contributed by atoms with Gasteiger partial charge in [0.25, 0.3) is 0 Å². The summed E-state index contributed by atoms with van der Waals surface area (Å²) in [5.74, 6) is 0.769. The topological polar surface area (TPSA) is 89.1 Å². The van der Waals surface area contributed by atoms with Gasteiger partial charge >= 0.3 is 6.09 Å². The van der Waals surface area contributed by atoms with E-state index in [4.69, 9.17) is 14.2 Å². The molecule has 0 saturated carbocycles. The lowest BCUT2D eigenvalue weighted by Gasteiger charge is -2.26. The number of aliphatic hydroxyl groups excluding tert-OH is 1. The second-order valence-electron chi connectivity index (χ2n) is 9.37. The number of benzene rings is 3. The van der Waals surface area contributed by atoms with Crippen LogP contribution in [-0.4, -0.2) is 43.6 Å². The number of hydrogen-bond donors (Lipinski definition) is 3. The summed E-state index contributed by atoms with van der Waals surface area (Å²) < 4.78 is 16.9. The molecule has 3 N–H and O–H groups in total. The van der Waals surface area contributed by atoms with Gasteiger partial charge in [-0.2, -0.15) is 0 Å². The minimum atomic E-state index is -0.860. The van der Waals surface area contributed by atoms with Crippen molar-refractivity contribution in [3.8, 4) is 5.75 Å². The van der Waals surface area contributed by atoms with Gasteiger partial charge in [-0.15, -0.1) is 6.58 Å². The number of nitrogens with one attached hydrogen (secondary N) is 2. The molecule has 4 rings (SSSR count). The molecule has 0 saturated heterocycles. The van der Waals surface area contributed by atoms with Crippen molar-refractivity contribution in [3.05, 3.63) is 114 Å². The lowest BCUT2D eigenvalue weighted by atomic mass is 10.0. The molecule has 7 nitrogen and oxygen atoms in total. The zero-order chi connectivity index (χ0) is 26.7. The number of ether oxygens (including phenoxy) is 3. The number of fused-ring (bicyclic) bond motifs is 1. The van der Waals surface area contributed by atoms with E-state index < -0.39 is 18.2 Å². The van der Waals surface area contributed by atoms with Gasteiger partial charge in [0.15, 0.2) is 0 Å². The fourth-order valence-electron chi connectivity index (χ4n) is 4.75. The molecule has 1 aliphatic rings. The van der Waals surface area contributed by atoms with Gasteiger partial charge < -0.3 is 30.0 Å². The van der Waals surface area contributed by atoms with Gasteiger partial charge in [0, 0.05) is 12.6 Å². The van der Waals surface area contributed by atoms with Crippen LogP contribution in [0.3, 0.4) is 0 Å². The number of rotatable bonds is 13. The predicted octanol–water partition coefficient (Wildman–Crippen LogP) is 4.87. The summed E-state index contributed by atoms with van der Waals surface area (Å²) in [7, 11) is 1.64. The van der Waals surface area contributed by atoms with Gasteiger partial charge in [-0.3, -0.25) is 0 Å². The van der Waals surface area contributed by atoms with Crippen LogP contribution < -0.4 is 15.4 Å². The lowest BCUT2D eigenvalue weighted by molar-refractivity contribution is 0.0667. The first-order valence-electron chi connectivity index (χ1n) is 12.9. The maximum atomic E-state index is 12.7. The van der Waals surface area contributed by atoms with E-state index in [0.29, 0.717) is 13.0 Å². The molecule has 0 aromatic heterocycles. The summed E-state index contributed by atoms with van der Waals surface area (Å²) in [5.41, 5.74) is 4.09. The molecule has 200 valence electrons. The summed E-state index contributed by atoms with van der Waals surface area (Å²) in [6.07, 6.45) is 1.42. The molecular formula is C31H36N2O5. The van der Waals surface area contributed by atoms with Gasteiger partial charge in [0.05, 0.1) is 32.0 Å². The monoisotopic (exact) mass is 516 g/mol. The average Bonchev–Trinajstić information content (AvgIpc) is 3.31. The standard InChI is InChI=1S/C31H36N2O5/c1-3-16-37-30-19-27(26-18-24(36-2)14-15-25(26)30)32-20-29(34)28(17-22-10-6-4-7-11-22)33-31(35)38-21-23-12-8-5-9-13-23/h3-15,18,27-30,32,34H,1,16-17,19-21H2,2H3,(H,33,35)/t27-,28-,29+,30+/m0/s1. The first kappa shape index (κ1) is 27.4. The predicted molar refractivity (Wildman–Crippen MR) is 147 cm³/mol. The minimum Gasteiger partial charge on any atom is -0.497 e. The Hall–Kier alpha value is -3.65. The minimum absolute atomic E-state index is 0.0352. The van der Waals surface area contributed by atoms with Crippen molar-refractivity contribution in [2.45, 2.75) is 43.7 Å². The van der Waals surface area contributed by atoms with E-state index in [1.165, 1.54) is 0 Å². The Bertz CT molecular complexity index is 1170. The number of carbonyl (C=O) groups excluding carboxylic acids is 1. The molecule has 0 heterocycles. The van der Waals surface area contributed by atoms with E-state index >= 15 is 0 Å². The number of aliphatic hydroxyl groups is 1. The van der Waals surface area contributed by atoms with Crippen LogP contribution >= 0.6 is 0 Å². The zero-order valence-electron chi connectivity index (χ0n) is 21.7. The van der Waals surface area contributed by atoms with E-state index in [2.05, 4.69) is 17.2 Å². The van der Waals surface area contributed by atoms with Gasteiger partial charge in [-0.25, -0.2) is 4.79 Å². The third-order valence-corrected chi connectivity index (χ3v) is 6.73. The van der Waals surface area contributed by atoms with Crippen LogP contribution in [0.1, 0.15) is 40.8 Å². The average molecular weight is 517 g/mol. The molecule has 0 unspecified atom stereocenters. The Kier molecular flexibility index (Phi) is 9.92. The molecule has 0 bridgehead atoms. The lowest BCUT2D eigenvalue weighted by Crippen LogP contribution is -2.49. The molecule has 3 aromatic rings. The van der Waals surface area contributed by atoms with Crippen molar-refractivity contribution in [3.63, 3.8) is 0 Å². The fraction of sp³-hybridized carbons (Fsp3) is 0.323. The highest BCUT2D eigenvalue weighted by atomic mass is 16.5. The van der Waals surface area contributed by atoms with Crippen molar-refractivity contribution in [1.82, 2.24) is 10.6 Å². The molecular weight excluding hydrogens is 480 g/mol. The van der Waals surface area contributed by atoms with Crippen LogP contribution in [0, 0.1) is 0 Å². The van der Waals surface area contributed by atoms with Crippen LogP contribution in [0.2, 0.25) is 0 Å². The Morgan fingerprint density at radius 1 is 1.05 bits per heavy atom. The number of alkyl carbamates (subject to hydrolysis) is 1. The highest BCUT2D eigenvalue weighted by molar-refractivity contribution is 5.67. The third-order valence-electron chi connectivity index (χ3n) is 6.73. The molecule has 1 aliphatic carbocycles. The van der Waals surface area contributed by atoms with Crippen molar-refractivity contribution in [2.75, 3.05) is 20.3 Å².